The van der Waals surface area contributed by atoms with Crippen molar-refractivity contribution in [3.05, 3.63) is 89.5 Å². The van der Waals surface area contributed by atoms with Crippen LogP contribution in [0.4, 0.5) is 5.69 Å². The lowest BCUT2D eigenvalue weighted by atomic mass is 9.95. The van der Waals surface area contributed by atoms with Crippen LogP contribution in [0.5, 0.6) is 5.75 Å². The van der Waals surface area contributed by atoms with Crippen molar-refractivity contribution in [3.8, 4) is 5.75 Å². The minimum atomic E-state index is -4.12. The highest BCUT2D eigenvalue weighted by atomic mass is 32.2. The first-order chi connectivity index (χ1) is 20.1. The fourth-order valence-electron chi connectivity index (χ4n) is 5.27. The number of sulfonamides is 1. The average Bonchev–Trinajstić information content (AvgIpc) is 2.99. The third-order valence-corrected chi connectivity index (χ3v) is 9.59. The molecule has 0 heterocycles. The summed E-state index contributed by atoms with van der Waals surface area (Å²) >= 11 is 0. The molecule has 1 atom stereocenters. The van der Waals surface area contributed by atoms with Gasteiger partial charge in [-0.25, -0.2) is 8.42 Å². The van der Waals surface area contributed by atoms with Gasteiger partial charge in [-0.3, -0.25) is 13.9 Å². The molecule has 0 bridgehead atoms. The normalized spacial score (nSPS) is 14.6. The molecule has 1 fully saturated rings. The summed E-state index contributed by atoms with van der Waals surface area (Å²) < 4.78 is 34.3. The molecule has 0 spiro atoms. The van der Waals surface area contributed by atoms with E-state index in [4.69, 9.17) is 4.74 Å². The van der Waals surface area contributed by atoms with E-state index in [0.717, 1.165) is 53.1 Å². The molecule has 8 nitrogen and oxygen atoms in total. The minimum Gasteiger partial charge on any atom is -0.497 e. The minimum absolute atomic E-state index is 0.0741. The lowest BCUT2D eigenvalue weighted by molar-refractivity contribution is -0.139. The van der Waals surface area contributed by atoms with Gasteiger partial charge in [0.2, 0.25) is 11.8 Å². The highest BCUT2D eigenvalue weighted by Gasteiger charge is 2.33. The van der Waals surface area contributed by atoms with E-state index in [9.17, 15) is 18.0 Å². The van der Waals surface area contributed by atoms with Gasteiger partial charge in [-0.2, -0.15) is 0 Å². The Labute approximate surface area is 249 Å². The molecule has 1 aliphatic carbocycles. The first-order valence-corrected chi connectivity index (χ1v) is 15.9. The molecular weight excluding hydrogens is 550 g/mol. The second-order valence-corrected chi connectivity index (χ2v) is 12.9. The monoisotopic (exact) mass is 591 g/mol. The average molecular weight is 592 g/mol. The summed E-state index contributed by atoms with van der Waals surface area (Å²) in [6.45, 7) is 5.24. The highest BCUT2D eigenvalue weighted by Crippen LogP contribution is 2.27. The Morgan fingerprint density at radius 1 is 0.929 bits per heavy atom. The summed E-state index contributed by atoms with van der Waals surface area (Å²) in [4.78, 5) is 29.1. The third kappa shape index (κ3) is 7.70. The summed E-state index contributed by atoms with van der Waals surface area (Å²) in [5.41, 5.74) is 3.13. The number of methoxy groups -OCH3 is 1. The second-order valence-electron chi connectivity index (χ2n) is 11.1. The molecule has 4 rings (SSSR count). The van der Waals surface area contributed by atoms with Gasteiger partial charge < -0.3 is 15.0 Å². The topological polar surface area (TPSA) is 96.0 Å². The molecule has 42 heavy (non-hydrogen) atoms. The Kier molecular flexibility index (Phi) is 10.3. The van der Waals surface area contributed by atoms with Crippen LogP contribution in [0.25, 0.3) is 0 Å². The van der Waals surface area contributed by atoms with E-state index in [1.807, 2.05) is 38.1 Å². The fourth-order valence-corrected chi connectivity index (χ4v) is 6.69. The molecule has 1 aliphatic rings. The Morgan fingerprint density at radius 3 is 2.21 bits per heavy atom. The van der Waals surface area contributed by atoms with Crippen molar-refractivity contribution >= 4 is 27.5 Å². The number of hydrogen-bond acceptors (Lipinski definition) is 5. The number of carbonyl (C=O) groups excluding carboxylic acids is 2. The summed E-state index contributed by atoms with van der Waals surface area (Å²) in [6.07, 6.45) is 5.14. The summed E-state index contributed by atoms with van der Waals surface area (Å²) in [5.74, 6) is -0.151. The highest BCUT2D eigenvalue weighted by molar-refractivity contribution is 7.92. The van der Waals surface area contributed by atoms with Crippen molar-refractivity contribution in [2.45, 2.75) is 76.4 Å². The Bertz CT molecular complexity index is 1470. The van der Waals surface area contributed by atoms with E-state index in [2.05, 4.69) is 5.32 Å². The van der Waals surface area contributed by atoms with Crippen LogP contribution >= 0.6 is 0 Å². The molecule has 1 N–H and O–H groups in total. The van der Waals surface area contributed by atoms with Gasteiger partial charge in [0.1, 0.15) is 18.3 Å². The van der Waals surface area contributed by atoms with Gasteiger partial charge in [0, 0.05) is 12.6 Å². The van der Waals surface area contributed by atoms with Crippen molar-refractivity contribution < 1.29 is 22.7 Å². The maximum absolute atomic E-state index is 14.1. The number of aryl methyl sites for hydroxylation is 2. The van der Waals surface area contributed by atoms with Gasteiger partial charge in [-0.05, 0) is 75.6 Å². The molecule has 0 radical (unpaired) electrons. The SMILES string of the molecule is COc1ccc(N(CC(=O)N(Cc2cccc(C)c2)[C@H](C)C(=O)NC2CCCCC2)S(=O)(=O)c2ccc(C)cc2)cc1. The number of rotatable bonds is 11. The number of carbonyl (C=O) groups is 2. The van der Waals surface area contributed by atoms with Crippen LogP contribution in [0, 0.1) is 13.8 Å². The molecule has 0 aromatic heterocycles. The smallest absolute Gasteiger partial charge is 0.264 e. The zero-order chi connectivity index (χ0) is 30.3. The molecule has 3 aromatic rings. The van der Waals surface area contributed by atoms with Gasteiger partial charge in [-0.1, -0.05) is 66.8 Å². The molecule has 0 aliphatic heterocycles. The molecule has 9 heteroatoms. The van der Waals surface area contributed by atoms with Crippen molar-refractivity contribution in [1.82, 2.24) is 10.2 Å². The van der Waals surface area contributed by atoms with Crippen LogP contribution < -0.4 is 14.4 Å². The van der Waals surface area contributed by atoms with Gasteiger partial charge in [-0.15, -0.1) is 0 Å². The van der Waals surface area contributed by atoms with Gasteiger partial charge in [0.15, 0.2) is 0 Å². The van der Waals surface area contributed by atoms with Crippen LogP contribution in [0.15, 0.2) is 77.7 Å². The van der Waals surface area contributed by atoms with Crippen LogP contribution in [0.1, 0.15) is 55.7 Å². The second kappa shape index (κ2) is 13.9. The number of benzene rings is 3. The van der Waals surface area contributed by atoms with E-state index in [-0.39, 0.29) is 23.4 Å². The van der Waals surface area contributed by atoms with Crippen LogP contribution in [0.2, 0.25) is 0 Å². The number of amides is 2. The van der Waals surface area contributed by atoms with Gasteiger partial charge >= 0.3 is 0 Å². The van der Waals surface area contributed by atoms with E-state index in [1.54, 1.807) is 43.3 Å². The maximum atomic E-state index is 14.1. The maximum Gasteiger partial charge on any atom is 0.264 e. The Balaban J connectivity index is 1.68. The summed E-state index contributed by atoms with van der Waals surface area (Å²) in [7, 11) is -2.59. The lowest BCUT2D eigenvalue weighted by Crippen LogP contribution is -2.53. The standard InChI is InChI=1S/C33H41N3O5S/c1-24-13-19-31(20-14-24)42(39,40)36(29-15-17-30(41-4)18-16-29)23-32(37)35(22-27-10-8-9-25(2)21-27)26(3)33(38)34-28-11-6-5-7-12-28/h8-10,13-21,26,28H,5-7,11-12,22-23H2,1-4H3,(H,34,38)/t26-/m1/s1. The zero-order valence-electron chi connectivity index (χ0n) is 24.9. The van der Waals surface area contributed by atoms with E-state index >= 15 is 0 Å². The molecule has 1 saturated carbocycles. The predicted molar refractivity (Wildman–Crippen MR) is 165 cm³/mol. The molecule has 224 valence electrons. The van der Waals surface area contributed by atoms with Crippen LogP contribution in [-0.4, -0.2) is 50.9 Å². The van der Waals surface area contributed by atoms with Crippen LogP contribution in [0.3, 0.4) is 0 Å². The summed E-state index contributed by atoms with van der Waals surface area (Å²) in [6, 6.07) is 20.1. The quantitative estimate of drug-likeness (QED) is 0.323. The molecule has 0 saturated heterocycles. The number of ether oxygens (including phenoxy) is 1. The van der Waals surface area contributed by atoms with E-state index in [1.165, 1.54) is 24.1 Å². The number of anilines is 1. The van der Waals surface area contributed by atoms with Crippen molar-refractivity contribution in [2.24, 2.45) is 0 Å². The summed E-state index contributed by atoms with van der Waals surface area (Å²) in [5, 5.41) is 3.13. The van der Waals surface area contributed by atoms with Crippen molar-refractivity contribution in [3.63, 3.8) is 0 Å². The fraction of sp³-hybridized carbons (Fsp3) is 0.394. The first kappa shape index (κ1) is 31.1. The Hall–Kier alpha value is -3.85. The number of nitrogens with one attached hydrogen (secondary N) is 1. The molecule has 2 amide bonds. The largest absolute Gasteiger partial charge is 0.497 e. The lowest BCUT2D eigenvalue weighted by Gasteiger charge is -2.33. The molecular formula is C33H41N3O5S. The van der Waals surface area contributed by atoms with Crippen LogP contribution in [-0.2, 0) is 26.2 Å². The zero-order valence-corrected chi connectivity index (χ0v) is 25.7. The van der Waals surface area contributed by atoms with Crippen molar-refractivity contribution in [1.29, 1.82) is 0 Å². The third-order valence-electron chi connectivity index (χ3n) is 7.80. The van der Waals surface area contributed by atoms with Gasteiger partial charge in [0.25, 0.3) is 10.0 Å². The first-order valence-electron chi connectivity index (χ1n) is 14.5. The van der Waals surface area contributed by atoms with Crippen molar-refractivity contribution in [2.75, 3.05) is 18.0 Å². The predicted octanol–water partition coefficient (Wildman–Crippen LogP) is 5.37. The van der Waals surface area contributed by atoms with E-state index < -0.39 is 28.5 Å². The molecule has 0 unspecified atom stereocenters. The number of nitrogens with zero attached hydrogens (tertiary/aromatic N) is 2. The Morgan fingerprint density at radius 2 is 1.60 bits per heavy atom. The number of hydrogen-bond donors (Lipinski definition) is 1. The van der Waals surface area contributed by atoms with Gasteiger partial charge in [0.05, 0.1) is 17.7 Å². The molecule has 3 aromatic carbocycles. The van der Waals surface area contributed by atoms with E-state index in [0.29, 0.717) is 11.4 Å².